The van der Waals surface area contributed by atoms with Crippen LogP contribution in [0.5, 0.6) is 0 Å². The Kier molecular flexibility index (Phi) is 5.08. The summed E-state index contributed by atoms with van der Waals surface area (Å²) in [6, 6.07) is 17.2. The van der Waals surface area contributed by atoms with Gasteiger partial charge in [0, 0.05) is 0 Å². The van der Waals surface area contributed by atoms with Gasteiger partial charge >= 0.3 is 5.97 Å². The third-order valence-electron chi connectivity index (χ3n) is 4.75. The smallest absolute Gasteiger partial charge is 0.330 e. The Morgan fingerprint density at radius 3 is 1.85 bits per heavy atom. The molecule has 0 saturated heterocycles. The van der Waals surface area contributed by atoms with Gasteiger partial charge in [-0.15, -0.1) is 13.2 Å². The number of carbonyl (C=O) groups excluding carboxylic acids is 1. The van der Waals surface area contributed by atoms with Crippen molar-refractivity contribution < 1.29 is 14.7 Å². The van der Waals surface area contributed by atoms with Crippen molar-refractivity contribution >= 4 is 33.4 Å². The van der Waals surface area contributed by atoms with Crippen molar-refractivity contribution in [3.05, 3.63) is 85.5 Å². The van der Waals surface area contributed by atoms with Crippen molar-refractivity contribution in [1.29, 1.82) is 0 Å². The lowest BCUT2D eigenvalue weighted by Crippen LogP contribution is -2.54. The van der Waals surface area contributed by atoms with Crippen LogP contribution in [0.2, 0.25) is 0 Å². The molecule has 0 unspecified atom stereocenters. The van der Waals surface area contributed by atoms with Gasteiger partial charge in [0.25, 0.3) is 5.91 Å². The van der Waals surface area contributed by atoms with Gasteiger partial charge in [0.1, 0.15) is 5.54 Å². The molecule has 4 nitrogen and oxygen atoms in total. The topological polar surface area (TPSA) is 66.4 Å². The molecule has 0 spiro atoms. The molecule has 3 aromatic rings. The fourth-order valence-corrected chi connectivity index (χ4v) is 3.44. The van der Waals surface area contributed by atoms with E-state index in [1.54, 1.807) is 0 Å². The lowest BCUT2D eigenvalue weighted by atomic mass is 9.89. The van der Waals surface area contributed by atoms with Gasteiger partial charge in [-0.2, -0.15) is 0 Å². The van der Waals surface area contributed by atoms with Crippen LogP contribution >= 0.6 is 0 Å². The van der Waals surface area contributed by atoms with Crippen LogP contribution < -0.4 is 5.32 Å². The van der Waals surface area contributed by atoms with Crippen LogP contribution in [0.15, 0.2) is 79.9 Å². The number of nitrogens with one attached hydrogen (secondary N) is 1. The molecule has 0 heterocycles. The normalized spacial score (nSPS) is 11.3. The van der Waals surface area contributed by atoms with E-state index >= 15 is 0 Å². The molecule has 1 amide bonds. The molecule has 136 valence electrons. The Morgan fingerprint density at radius 2 is 1.41 bits per heavy atom. The number of fused-ring (bicyclic) bond motifs is 2. The Morgan fingerprint density at radius 1 is 0.926 bits per heavy atom. The quantitative estimate of drug-likeness (QED) is 0.475. The zero-order valence-electron chi connectivity index (χ0n) is 14.9. The second-order valence-electron chi connectivity index (χ2n) is 6.52. The highest BCUT2D eigenvalue weighted by atomic mass is 16.4. The van der Waals surface area contributed by atoms with E-state index in [0.717, 1.165) is 21.5 Å². The molecule has 2 N–H and O–H groups in total. The first-order chi connectivity index (χ1) is 13.0. The first kappa shape index (κ1) is 18.4. The molecule has 0 atom stereocenters. The molecule has 3 rings (SSSR count). The summed E-state index contributed by atoms with van der Waals surface area (Å²) in [5.74, 6) is -1.53. The van der Waals surface area contributed by atoms with Crippen molar-refractivity contribution in [2.45, 2.75) is 18.4 Å². The van der Waals surface area contributed by atoms with Gasteiger partial charge in [-0.25, -0.2) is 4.79 Å². The minimum Gasteiger partial charge on any atom is -0.479 e. The van der Waals surface area contributed by atoms with E-state index in [1.165, 1.54) is 12.2 Å². The van der Waals surface area contributed by atoms with Crippen LogP contribution in [0.25, 0.3) is 21.5 Å². The van der Waals surface area contributed by atoms with Gasteiger partial charge in [-0.05, 0) is 40.5 Å². The van der Waals surface area contributed by atoms with Gasteiger partial charge in [0.15, 0.2) is 0 Å². The number of carboxylic acid groups (broad SMARTS) is 1. The Balaban J connectivity index is 2.20. The van der Waals surface area contributed by atoms with E-state index in [9.17, 15) is 14.7 Å². The van der Waals surface area contributed by atoms with Crippen LogP contribution in [0.3, 0.4) is 0 Å². The van der Waals surface area contributed by atoms with E-state index < -0.39 is 17.4 Å². The molecule has 4 heteroatoms. The summed E-state index contributed by atoms with van der Waals surface area (Å²) in [6.07, 6.45) is 3.20. The number of rotatable bonds is 7. The molecule has 0 aromatic heterocycles. The van der Waals surface area contributed by atoms with E-state index in [4.69, 9.17) is 0 Å². The number of hydrogen-bond donors (Lipinski definition) is 2. The maximum Gasteiger partial charge on any atom is 0.330 e. The maximum atomic E-state index is 13.3. The second-order valence-corrected chi connectivity index (χ2v) is 6.52. The molecular weight excluding hydrogens is 338 g/mol. The summed E-state index contributed by atoms with van der Waals surface area (Å²) in [4.78, 5) is 25.3. The zero-order chi connectivity index (χ0) is 19.4. The molecule has 3 aromatic carbocycles. The molecule has 0 saturated carbocycles. The largest absolute Gasteiger partial charge is 0.479 e. The minimum absolute atomic E-state index is 0.1000. The van der Waals surface area contributed by atoms with Crippen LogP contribution in [0.1, 0.15) is 23.2 Å². The molecule has 0 bridgehead atoms. The fraction of sp³-hybridized carbons (Fsp3) is 0.130. The Hall–Kier alpha value is -3.40. The number of carbonyl (C=O) groups is 2. The third kappa shape index (κ3) is 3.34. The summed E-state index contributed by atoms with van der Waals surface area (Å²) in [6.45, 7) is 7.28. The monoisotopic (exact) mass is 359 g/mol. The number of benzene rings is 3. The fourth-order valence-electron chi connectivity index (χ4n) is 3.44. The number of aliphatic carboxylic acids is 1. The number of carboxylic acids is 1. The van der Waals surface area contributed by atoms with Crippen molar-refractivity contribution in [2.24, 2.45) is 0 Å². The molecule has 0 fully saturated rings. The minimum atomic E-state index is -1.47. The number of amides is 1. The summed E-state index contributed by atoms with van der Waals surface area (Å²) < 4.78 is 0. The summed E-state index contributed by atoms with van der Waals surface area (Å²) >= 11 is 0. The van der Waals surface area contributed by atoms with E-state index in [1.807, 2.05) is 54.6 Å². The summed E-state index contributed by atoms with van der Waals surface area (Å²) in [5, 5.41) is 16.0. The zero-order valence-corrected chi connectivity index (χ0v) is 14.9. The lowest BCUT2D eigenvalue weighted by molar-refractivity contribution is -0.144. The lowest BCUT2D eigenvalue weighted by Gasteiger charge is -2.29. The van der Waals surface area contributed by atoms with Crippen LogP contribution in [-0.4, -0.2) is 22.5 Å². The van der Waals surface area contributed by atoms with Crippen molar-refractivity contribution in [3.8, 4) is 0 Å². The van der Waals surface area contributed by atoms with Crippen molar-refractivity contribution in [2.75, 3.05) is 0 Å². The first-order valence-corrected chi connectivity index (χ1v) is 8.70. The molecule has 27 heavy (non-hydrogen) atoms. The maximum absolute atomic E-state index is 13.3. The molecule has 0 radical (unpaired) electrons. The average Bonchev–Trinajstić information content (AvgIpc) is 2.66. The third-order valence-corrected chi connectivity index (χ3v) is 4.75. The highest BCUT2D eigenvalue weighted by Gasteiger charge is 2.38. The predicted octanol–water partition coefficient (Wildman–Crippen LogP) is 4.70. The van der Waals surface area contributed by atoms with Gasteiger partial charge in [0.2, 0.25) is 0 Å². The van der Waals surface area contributed by atoms with Crippen molar-refractivity contribution in [1.82, 2.24) is 5.32 Å². The van der Waals surface area contributed by atoms with Crippen LogP contribution in [0.4, 0.5) is 0 Å². The van der Waals surface area contributed by atoms with E-state index in [-0.39, 0.29) is 12.8 Å². The van der Waals surface area contributed by atoms with Gasteiger partial charge in [0.05, 0.1) is 5.56 Å². The summed E-state index contributed by atoms with van der Waals surface area (Å²) in [7, 11) is 0. The standard InChI is InChI=1S/C23H21NO3/c1-3-13-23(14-4-2,22(26)27)24-21(25)20-18-11-7-5-9-16(18)15-17-10-6-8-12-19(17)20/h3-12,15H,1-2,13-14H2,(H,24,25)(H,26,27). The van der Waals surface area contributed by atoms with E-state index in [0.29, 0.717) is 5.56 Å². The van der Waals surface area contributed by atoms with Crippen molar-refractivity contribution in [3.63, 3.8) is 0 Å². The molecule has 0 aliphatic heterocycles. The van der Waals surface area contributed by atoms with Gasteiger partial charge < -0.3 is 10.4 Å². The SMILES string of the molecule is C=CCC(CC=C)(NC(=O)c1c2ccccc2cc2ccccc12)C(=O)O. The average molecular weight is 359 g/mol. The van der Waals surface area contributed by atoms with Gasteiger partial charge in [-0.1, -0.05) is 60.7 Å². The first-order valence-electron chi connectivity index (χ1n) is 8.70. The Labute approximate surface area is 157 Å². The molecule has 0 aliphatic carbocycles. The predicted molar refractivity (Wildman–Crippen MR) is 109 cm³/mol. The second kappa shape index (κ2) is 7.46. The molecular formula is C23H21NO3. The number of hydrogen-bond acceptors (Lipinski definition) is 2. The van der Waals surface area contributed by atoms with Crippen LogP contribution in [0, 0.1) is 0 Å². The highest BCUT2D eigenvalue weighted by Crippen LogP contribution is 2.29. The van der Waals surface area contributed by atoms with Gasteiger partial charge in [-0.3, -0.25) is 4.79 Å². The van der Waals surface area contributed by atoms with E-state index in [2.05, 4.69) is 18.5 Å². The highest BCUT2D eigenvalue weighted by molar-refractivity contribution is 6.18. The Bertz CT molecular complexity index is 988. The molecule has 0 aliphatic rings. The van der Waals surface area contributed by atoms with Crippen LogP contribution in [-0.2, 0) is 4.79 Å². The summed E-state index contributed by atoms with van der Waals surface area (Å²) in [5.41, 5.74) is -0.999.